The summed E-state index contributed by atoms with van der Waals surface area (Å²) < 4.78 is 17.6. The van der Waals surface area contributed by atoms with Crippen molar-refractivity contribution in [2.24, 2.45) is 0 Å². The third-order valence-corrected chi connectivity index (χ3v) is 5.17. The van der Waals surface area contributed by atoms with Gasteiger partial charge in [0.05, 0.1) is 22.2 Å². The zero-order chi connectivity index (χ0) is 21.7. The van der Waals surface area contributed by atoms with E-state index >= 15 is 0 Å². The van der Waals surface area contributed by atoms with Crippen molar-refractivity contribution in [2.45, 2.75) is 20.4 Å². The van der Waals surface area contributed by atoms with Gasteiger partial charge in [-0.05, 0) is 37.6 Å². The van der Waals surface area contributed by atoms with E-state index in [2.05, 4.69) is 25.0 Å². The van der Waals surface area contributed by atoms with E-state index in [-0.39, 0.29) is 23.7 Å². The number of halogens is 1. The second kappa shape index (κ2) is 6.94. The third kappa shape index (κ3) is 2.91. The fraction of sp³-hybridized carbons (Fsp3) is 0.143. The predicted octanol–water partition coefficient (Wildman–Crippen LogP) is 2.31. The Hall–Kier alpha value is -4.21. The number of aromatic nitrogens is 7. The van der Waals surface area contributed by atoms with Gasteiger partial charge in [0.15, 0.2) is 11.3 Å². The van der Waals surface area contributed by atoms with Crippen LogP contribution in [0.15, 0.2) is 47.7 Å². The van der Waals surface area contributed by atoms with Crippen molar-refractivity contribution in [3.63, 3.8) is 0 Å². The lowest BCUT2D eigenvalue weighted by Gasteiger charge is -2.15. The molecular weight excluding hydrogens is 399 g/mol. The minimum absolute atomic E-state index is 0.0515. The van der Waals surface area contributed by atoms with Crippen LogP contribution in [-0.4, -0.2) is 34.3 Å². The van der Waals surface area contributed by atoms with Crippen LogP contribution in [0.2, 0.25) is 0 Å². The standard InChI is InChI=1S/C21H17FN8O/c1-11-7-8-24-19-16(11)21(31)30(14-6-4-3-5-13(14)22)15(27-19)9-29-20-17(12(2)28-29)18(23)25-10-26-20/h3-8,10H,9H2,1-2H3,(H2,23,25,26). The highest BCUT2D eigenvalue weighted by atomic mass is 19.1. The summed E-state index contributed by atoms with van der Waals surface area (Å²) in [6.07, 6.45) is 2.93. The number of para-hydroxylation sites is 1. The van der Waals surface area contributed by atoms with Gasteiger partial charge in [0, 0.05) is 6.20 Å². The van der Waals surface area contributed by atoms with Crippen LogP contribution in [0.3, 0.4) is 0 Å². The van der Waals surface area contributed by atoms with E-state index < -0.39 is 11.4 Å². The Morgan fingerprint density at radius 1 is 1.06 bits per heavy atom. The maximum Gasteiger partial charge on any atom is 0.268 e. The Labute approximate surface area is 175 Å². The van der Waals surface area contributed by atoms with Crippen LogP contribution in [0.5, 0.6) is 0 Å². The Morgan fingerprint density at radius 3 is 2.68 bits per heavy atom. The van der Waals surface area contributed by atoms with Gasteiger partial charge in [-0.3, -0.25) is 9.36 Å². The summed E-state index contributed by atoms with van der Waals surface area (Å²) in [6.45, 7) is 3.64. The molecule has 0 aliphatic heterocycles. The van der Waals surface area contributed by atoms with Gasteiger partial charge in [0.2, 0.25) is 0 Å². The Morgan fingerprint density at radius 2 is 1.87 bits per heavy atom. The Bertz CT molecular complexity index is 1540. The van der Waals surface area contributed by atoms with E-state index in [1.165, 1.54) is 23.0 Å². The SMILES string of the molecule is Cc1nn(Cc2nc3nccc(C)c3c(=O)n2-c2ccccc2F)c2ncnc(N)c12. The van der Waals surface area contributed by atoms with Crippen molar-refractivity contribution < 1.29 is 4.39 Å². The maximum atomic E-state index is 14.7. The lowest BCUT2D eigenvalue weighted by atomic mass is 10.2. The molecular formula is C21H17FN8O. The van der Waals surface area contributed by atoms with Crippen LogP contribution >= 0.6 is 0 Å². The van der Waals surface area contributed by atoms with E-state index in [0.29, 0.717) is 33.5 Å². The first kappa shape index (κ1) is 18.8. The summed E-state index contributed by atoms with van der Waals surface area (Å²) >= 11 is 0. The van der Waals surface area contributed by atoms with Gasteiger partial charge in [-0.25, -0.2) is 29.0 Å². The minimum Gasteiger partial charge on any atom is -0.383 e. The molecule has 31 heavy (non-hydrogen) atoms. The predicted molar refractivity (Wildman–Crippen MR) is 113 cm³/mol. The molecule has 0 radical (unpaired) electrons. The molecule has 0 aliphatic carbocycles. The summed E-state index contributed by atoms with van der Waals surface area (Å²) in [4.78, 5) is 30.6. The number of pyridine rings is 1. The molecule has 5 rings (SSSR count). The number of aryl methyl sites for hydroxylation is 2. The number of nitrogens with two attached hydrogens (primary N) is 1. The van der Waals surface area contributed by atoms with E-state index in [1.54, 1.807) is 42.9 Å². The van der Waals surface area contributed by atoms with Crippen LogP contribution < -0.4 is 11.3 Å². The molecule has 154 valence electrons. The lowest BCUT2D eigenvalue weighted by Crippen LogP contribution is -2.27. The molecule has 9 nitrogen and oxygen atoms in total. The highest BCUT2D eigenvalue weighted by Gasteiger charge is 2.20. The monoisotopic (exact) mass is 416 g/mol. The van der Waals surface area contributed by atoms with Crippen LogP contribution in [0.1, 0.15) is 17.1 Å². The number of nitrogen functional groups attached to an aromatic ring is 1. The van der Waals surface area contributed by atoms with Gasteiger partial charge >= 0.3 is 0 Å². The quantitative estimate of drug-likeness (QED) is 0.479. The number of hydrogen-bond donors (Lipinski definition) is 1. The molecule has 0 amide bonds. The van der Waals surface area contributed by atoms with Crippen molar-refractivity contribution in [2.75, 3.05) is 5.73 Å². The van der Waals surface area contributed by atoms with Crippen LogP contribution in [0, 0.1) is 19.7 Å². The molecule has 0 saturated heterocycles. The Balaban J connectivity index is 1.82. The van der Waals surface area contributed by atoms with Gasteiger partial charge in [-0.2, -0.15) is 5.10 Å². The van der Waals surface area contributed by atoms with Crippen LogP contribution in [-0.2, 0) is 6.54 Å². The average Bonchev–Trinajstić information content (AvgIpc) is 3.05. The summed E-state index contributed by atoms with van der Waals surface area (Å²) in [6, 6.07) is 7.78. The molecule has 0 bridgehead atoms. The molecule has 2 N–H and O–H groups in total. The molecule has 5 aromatic rings. The first-order chi connectivity index (χ1) is 15.0. The molecule has 10 heteroatoms. The van der Waals surface area contributed by atoms with Crippen molar-refractivity contribution in [3.8, 4) is 5.69 Å². The van der Waals surface area contributed by atoms with Crippen molar-refractivity contribution in [1.82, 2.24) is 34.3 Å². The van der Waals surface area contributed by atoms with Crippen molar-refractivity contribution in [1.29, 1.82) is 0 Å². The summed E-state index contributed by atoms with van der Waals surface area (Å²) in [5, 5.41) is 5.45. The largest absolute Gasteiger partial charge is 0.383 e. The third-order valence-electron chi connectivity index (χ3n) is 5.17. The molecule has 0 spiro atoms. The maximum absolute atomic E-state index is 14.7. The Kier molecular flexibility index (Phi) is 4.21. The number of rotatable bonds is 3. The molecule has 4 heterocycles. The molecule has 0 aliphatic rings. The molecule has 0 fully saturated rings. The normalized spacial score (nSPS) is 11.5. The molecule has 4 aromatic heterocycles. The topological polar surface area (TPSA) is 117 Å². The van der Waals surface area contributed by atoms with E-state index in [0.717, 1.165) is 0 Å². The zero-order valence-corrected chi connectivity index (χ0v) is 16.7. The number of anilines is 1. The number of hydrogen-bond acceptors (Lipinski definition) is 7. The number of benzene rings is 1. The number of fused-ring (bicyclic) bond motifs is 2. The zero-order valence-electron chi connectivity index (χ0n) is 16.7. The van der Waals surface area contributed by atoms with Gasteiger partial charge in [-0.15, -0.1) is 0 Å². The fourth-order valence-corrected chi connectivity index (χ4v) is 3.74. The van der Waals surface area contributed by atoms with E-state index in [4.69, 9.17) is 5.73 Å². The smallest absolute Gasteiger partial charge is 0.268 e. The average molecular weight is 416 g/mol. The molecule has 1 aromatic carbocycles. The summed E-state index contributed by atoms with van der Waals surface area (Å²) in [5.74, 6) is 0.0351. The highest BCUT2D eigenvalue weighted by Crippen LogP contribution is 2.22. The number of nitrogens with zero attached hydrogens (tertiary/aromatic N) is 7. The van der Waals surface area contributed by atoms with Gasteiger partial charge < -0.3 is 5.73 Å². The lowest BCUT2D eigenvalue weighted by molar-refractivity contribution is 0.598. The minimum atomic E-state index is -0.540. The first-order valence-corrected chi connectivity index (χ1v) is 9.51. The second-order valence-corrected chi connectivity index (χ2v) is 7.15. The van der Waals surface area contributed by atoms with E-state index in [9.17, 15) is 9.18 Å². The highest BCUT2D eigenvalue weighted by molar-refractivity contribution is 5.87. The first-order valence-electron chi connectivity index (χ1n) is 9.51. The van der Waals surface area contributed by atoms with E-state index in [1.807, 2.05) is 0 Å². The van der Waals surface area contributed by atoms with Crippen molar-refractivity contribution in [3.05, 3.63) is 76.1 Å². The van der Waals surface area contributed by atoms with Crippen molar-refractivity contribution >= 4 is 27.9 Å². The molecule has 0 saturated carbocycles. The van der Waals surface area contributed by atoms with Crippen LogP contribution in [0.25, 0.3) is 27.8 Å². The summed E-state index contributed by atoms with van der Waals surface area (Å²) in [7, 11) is 0. The molecule has 0 unspecified atom stereocenters. The fourth-order valence-electron chi connectivity index (χ4n) is 3.74. The van der Waals surface area contributed by atoms with Gasteiger partial charge in [0.1, 0.15) is 30.3 Å². The van der Waals surface area contributed by atoms with Gasteiger partial charge in [-0.1, -0.05) is 12.1 Å². The van der Waals surface area contributed by atoms with Gasteiger partial charge in [0.25, 0.3) is 5.56 Å². The second-order valence-electron chi connectivity index (χ2n) is 7.15. The van der Waals surface area contributed by atoms with Crippen LogP contribution in [0.4, 0.5) is 10.2 Å². The molecule has 0 atom stereocenters. The summed E-state index contributed by atoms with van der Waals surface area (Å²) in [5.41, 5.74) is 7.81.